The van der Waals surface area contributed by atoms with E-state index in [1.54, 1.807) is 0 Å². The second kappa shape index (κ2) is 23.6. The van der Waals surface area contributed by atoms with Crippen LogP contribution in [0.3, 0.4) is 0 Å². The normalized spacial score (nSPS) is 53.4. The highest BCUT2D eigenvalue weighted by Gasteiger charge is 2.58. The van der Waals surface area contributed by atoms with Gasteiger partial charge in [-0.2, -0.15) is 0 Å². The topological polar surface area (TPSA) is 475 Å². The van der Waals surface area contributed by atoms with Crippen molar-refractivity contribution in [3.8, 4) is 0 Å². The number of rotatable bonds is 16. The number of ether oxygens (including phenoxy) is 12. The first-order valence-electron chi connectivity index (χ1n) is 21.4. The third-order valence-electron chi connectivity index (χ3n) is 12.6. The molecule has 0 radical (unpaired) electrons. The monoisotopic (exact) mass is 988 g/mol. The van der Waals surface area contributed by atoms with E-state index in [0.717, 1.165) is 7.11 Å². The fourth-order valence-electron chi connectivity index (χ4n) is 8.59. The maximum absolute atomic E-state index is 11.8. The van der Waals surface area contributed by atoms with Crippen LogP contribution in [0.5, 0.6) is 0 Å². The Labute approximate surface area is 380 Å². The van der Waals surface area contributed by atoms with Crippen LogP contribution < -0.4 is 0 Å². The summed E-state index contributed by atoms with van der Waals surface area (Å²) in [6, 6.07) is 0. The van der Waals surface area contributed by atoms with E-state index in [0.29, 0.717) is 0 Å². The van der Waals surface area contributed by atoms with Crippen LogP contribution in [0.15, 0.2) is 0 Å². The molecule has 6 saturated heterocycles. The Morgan fingerprint density at radius 3 is 0.985 bits per heavy atom. The summed E-state index contributed by atoms with van der Waals surface area (Å²) in [6.45, 7) is -3.40. The van der Waals surface area contributed by atoms with Gasteiger partial charge in [0.2, 0.25) is 0 Å². The van der Waals surface area contributed by atoms with Crippen LogP contribution in [0, 0.1) is 0 Å². The second-order valence-electron chi connectivity index (χ2n) is 17.0. The fraction of sp³-hybridized carbons (Fsp3) is 1.00. The smallest absolute Gasteiger partial charge is 0.187 e. The van der Waals surface area contributed by atoms with Crippen LogP contribution in [0.25, 0.3) is 0 Å². The standard InChI is InChI=1S/C37H64O30/c1-8-14(43)27(25(54)35(57-8)64-28-17(46)11(5-40)58-32(56-2)24(28)53)63-36-26(55)29(18(47)12(6-41)61-36)65-37-31(67-34-23(52)21(50)16(45)10(4-39)60-34)30(19(48)13(7-42)62-37)66-33-22(51)20(49)15(44)9(3-38)59-33/h8-55H,3-7H2,1-2H3/t8?,9?,10?,11?,12?,13?,14-,15+,16+,17+,18+,19+,20?,21?,22?,23?,24?,25?,26?,27?,28?,29?,30?,31?,32+,33-,34+,35-,36-,37-/m0/s1. The van der Waals surface area contributed by atoms with Crippen molar-refractivity contribution in [2.45, 2.75) is 191 Å². The summed E-state index contributed by atoms with van der Waals surface area (Å²) in [5.41, 5.74) is 0. The molecule has 392 valence electrons. The van der Waals surface area contributed by atoms with Crippen molar-refractivity contribution in [2.75, 3.05) is 40.1 Å². The molecular weight excluding hydrogens is 924 g/mol. The van der Waals surface area contributed by atoms with E-state index in [2.05, 4.69) is 0 Å². The molecule has 0 aliphatic carbocycles. The van der Waals surface area contributed by atoms with E-state index in [4.69, 9.17) is 56.8 Å². The predicted molar refractivity (Wildman–Crippen MR) is 203 cm³/mol. The average Bonchev–Trinajstić information content (AvgIpc) is 3.31. The number of hydrogen-bond acceptors (Lipinski definition) is 30. The van der Waals surface area contributed by atoms with Crippen LogP contribution in [-0.4, -0.2) is 316 Å². The zero-order valence-electron chi connectivity index (χ0n) is 35.8. The SMILES string of the molecule is CO[C@@H]1OC(CO)[C@@H](O)C(O[C@@H]2OC(C)[C@H](O)C(O[C@@H]3OC(CO)[C@@H](O)C(O[C@@H]4OC(CO)[C@@H](O)C(O[C@@H]5OC(CO)[C@@H](O)C(O)C5O)C4O[C@H]4OC(CO)[C@@H](O)C(O)C4O)C3O)C2O)C1O. The highest BCUT2D eigenvalue weighted by Crippen LogP contribution is 2.38. The van der Waals surface area contributed by atoms with Crippen LogP contribution in [0.1, 0.15) is 6.92 Å². The molecule has 18 unspecified atom stereocenters. The van der Waals surface area contributed by atoms with Crippen molar-refractivity contribution >= 4 is 0 Å². The van der Waals surface area contributed by atoms with Gasteiger partial charge in [-0.15, -0.1) is 0 Å². The number of aliphatic hydroxyl groups excluding tert-OH is 18. The zero-order valence-corrected chi connectivity index (χ0v) is 35.8. The van der Waals surface area contributed by atoms with Gasteiger partial charge in [0.1, 0.15) is 140 Å². The molecule has 0 bridgehead atoms. The Hall–Kier alpha value is -1.20. The first kappa shape index (κ1) is 55.1. The molecule has 6 rings (SSSR count). The zero-order chi connectivity index (χ0) is 49.3. The first-order chi connectivity index (χ1) is 31.8. The molecule has 0 saturated carbocycles. The Balaban J connectivity index is 1.29. The van der Waals surface area contributed by atoms with E-state index in [1.807, 2.05) is 0 Å². The van der Waals surface area contributed by atoms with Crippen molar-refractivity contribution in [3.63, 3.8) is 0 Å². The van der Waals surface area contributed by atoms with Crippen molar-refractivity contribution in [3.05, 3.63) is 0 Å². The minimum Gasteiger partial charge on any atom is -0.394 e. The van der Waals surface area contributed by atoms with Crippen LogP contribution >= 0.6 is 0 Å². The summed E-state index contributed by atoms with van der Waals surface area (Å²) in [4.78, 5) is 0. The fourth-order valence-corrected chi connectivity index (χ4v) is 8.59. The van der Waals surface area contributed by atoms with Gasteiger partial charge in [-0.25, -0.2) is 0 Å². The van der Waals surface area contributed by atoms with Crippen molar-refractivity contribution < 1.29 is 149 Å². The van der Waals surface area contributed by atoms with E-state index < -0.39 is 217 Å². The summed E-state index contributed by atoms with van der Waals surface area (Å²) in [6.07, 6.45) is -56.5. The summed E-state index contributed by atoms with van der Waals surface area (Å²) < 4.78 is 67.8. The Morgan fingerprint density at radius 2 is 0.567 bits per heavy atom. The van der Waals surface area contributed by atoms with Crippen molar-refractivity contribution in [2.24, 2.45) is 0 Å². The molecule has 30 atom stereocenters. The molecule has 6 fully saturated rings. The highest BCUT2D eigenvalue weighted by atomic mass is 16.8. The summed E-state index contributed by atoms with van der Waals surface area (Å²) in [5, 5.41) is 192. The average molecular weight is 989 g/mol. The Bertz CT molecular complexity index is 1490. The molecular formula is C37H64O30. The van der Waals surface area contributed by atoms with Crippen LogP contribution in [-0.2, 0) is 56.8 Å². The molecule has 0 spiro atoms. The minimum atomic E-state index is -2.25. The van der Waals surface area contributed by atoms with Crippen molar-refractivity contribution in [1.82, 2.24) is 0 Å². The van der Waals surface area contributed by atoms with E-state index >= 15 is 0 Å². The van der Waals surface area contributed by atoms with E-state index in [9.17, 15) is 91.9 Å². The maximum Gasteiger partial charge on any atom is 0.187 e. The quantitative estimate of drug-likeness (QED) is 0.0683. The predicted octanol–water partition coefficient (Wildman–Crippen LogP) is -12.4. The molecule has 18 N–H and O–H groups in total. The van der Waals surface area contributed by atoms with Gasteiger partial charge in [0, 0.05) is 7.11 Å². The van der Waals surface area contributed by atoms with Gasteiger partial charge in [0.05, 0.1) is 39.1 Å². The highest BCUT2D eigenvalue weighted by molar-refractivity contribution is 5.00. The summed E-state index contributed by atoms with van der Waals surface area (Å²) in [7, 11) is 1.16. The third-order valence-corrected chi connectivity index (χ3v) is 12.6. The number of methoxy groups -OCH3 is 1. The molecule has 0 aromatic rings. The van der Waals surface area contributed by atoms with Gasteiger partial charge in [-0.05, 0) is 6.92 Å². The number of hydrogen-bond donors (Lipinski definition) is 18. The molecule has 6 aliphatic heterocycles. The van der Waals surface area contributed by atoms with Crippen LogP contribution in [0.4, 0.5) is 0 Å². The largest absolute Gasteiger partial charge is 0.394 e. The lowest BCUT2D eigenvalue weighted by atomic mass is 9.95. The Morgan fingerprint density at radius 1 is 0.284 bits per heavy atom. The second-order valence-corrected chi connectivity index (χ2v) is 17.0. The van der Waals surface area contributed by atoms with Gasteiger partial charge in [-0.3, -0.25) is 0 Å². The third kappa shape index (κ3) is 11.2. The summed E-state index contributed by atoms with van der Waals surface area (Å²) in [5.74, 6) is 0. The van der Waals surface area contributed by atoms with Crippen molar-refractivity contribution in [1.29, 1.82) is 0 Å². The van der Waals surface area contributed by atoms with Gasteiger partial charge < -0.3 is 149 Å². The van der Waals surface area contributed by atoms with Gasteiger partial charge in [-0.1, -0.05) is 0 Å². The molecule has 0 amide bonds. The molecule has 30 nitrogen and oxygen atoms in total. The number of aliphatic hydroxyl groups is 18. The lowest BCUT2D eigenvalue weighted by Gasteiger charge is -2.51. The lowest BCUT2D eigenvalue weighted by molar-refractivity contribution is -0.410. The molecule has 6 heterocycles. The minimum absolute atomic E-state index is 0.750. The Kier molecular flexibility index (Phi) is 19.4. The molecule has 67 heavy (non-hydrogen) atoms. The van der Waals surface area contributed by atoms with Gasteiger partial charge in [0.15, 0.2) is 37.7 Å². The first-order valence-corrected chi connectivity index (χ1v) is 21.4. The molecule has 0 aromatic heterocycles. The molecule has 30 heteroatoms. The van der Waals surface area contributed by atoms with Gasteiger partial charge in [0.25, 0.3) is 0 Å². The lowest BCUT2D eigenvalue weighted by Crippen LogP contribution is -2.69. The van der Waals surface area contributed by atoms with Crippen LogP contribution in [0.2, 0.25) is 0 Å². The van der Waals surface area contributed by atoms with E-state index in [-0.39, 0.29) is 0 Å². The van der Waals surface area contributed by atoms with E-state index in [1.165, 1.54) is 6.92 Å². The molecule has 6 aliphatic rings. The molecule has 0 aromatic carbocycles. The van der Waals surface area contributed by atoms with Gasteiger partial charge >= 0.3 is 0 Å². The summed E-state index contributed by atoms with van der Waals surface area (Å²) >= 11 is 0. The maximum atomic E-state index is 11.8.